The average Bonchev–Trinajstić information content (AvgIpc) is 2.75. The number of amides is 1. The number of fused-ring (bicyclic) bond motifs is 1. The van der Waals surface area contributed by atoms with E-state index in [1.807, 2.05) is 17.8 Å². The van der Waals surface area contributed by atoms with Gasteiger partial charge in [-0.3, -0.25) is 4.79 Å². The fraction of sp³-hybridized carbons (Fsp3) is 0.533. The minimum atomic E-state index is 0.109. The quantitative estimate of drug-likeness (QED) is 0.854. The van der Waals surface area contributed by atoms with Gasteiger partial charge in [-0.25, -0.2) is 0 Å². The molecule has 4 heteroatoms. The van der Waals surface area contributed by atoms with E-state index in [4.69, 9.17) is 0 Å². The van der Waals surface area contributed by atoms with Gasteiger partial charge in [0.1, 0.15) is 0 Å². The second-order valence-electron chi connectivity index (χ2n) is 5.23. The normalized spacial score (nSPS) is 23.2. The number of carbonyl (C=O) groups is 1. The maximum Gasteiger partial charge on any atom is 0.227 e. The Morgan fingerprint density at radius 2 is 2.16 bits per heavy atom. The van der Waals surface area contributed by atoms with E-state index in [1.165, 1.54) is 17.0 Å². The van der Waals surface area contributed by atoms with Crippen LogP contribution >= 0.6 is 11.8 Å². The third-order valence-electron chi connectivity index (χ3n) is 3.91. The van der Waals surface area contributed by atoms with Gasteiger partial charge in [0.25, 0.3) is 0 Å². The Kier molecular flexibility index (Phi) is 3.97. The molecular formula is C15H20N2OS. The molecule has 0 saturated carbocycles. The molecule has 1 amide bonds. The summed E-state index contributed by atoms with van der Waals surface area (Å²) in [6, 6.07) is 8.31. The van der Waals surface area contributed by atoms with Gasteiger partial charge >= 0.3 is 0 Å². The maximum atomic E-state index is 12.6. The van der Waals surface area contributed by atoms with E-state index in [0.29, 0.717) is 5.91 Å². The van der Waals surface area contributed by atoms with Gasteiger partial charge in [0.2, 0.25) is 5.91 Å². The second kappa shape index (κ2) is 5.87. The minimum Gasteiger partial charge on any atom is -0.384 e. The van der Waals surface area contributed by atoms with E-state index in [9.17, 15) is 4.79 Å². The van der Waals surface area contributed by atoms with Crippen molar-refractivity contribution in [2.75, 3.05) is 36.5 Å². The van der Waals surface area contributed by atoms with Crippen LogP contribution in [-0.4, -0.2) is 41.9 Å². The number of hydrogen-bond donors (Lipinski definition) is 1. The number of carbonyl (C=O) groups excluding carboxylic acids is 1. The van der Waals surface area contributed by atoms with Gasteiger partial charge in [-0.15, -0.1) is 0 Å². The monoisotopic (exact) mass is 276 g/mol. The molecule has 1 aromatic carbocycles. The first-order chi connectivity index (χ1) is 9.34. The summed E-state index contributed by atoms with van der Waals surface area (Å²) in [5.74, 6) is 2.72. The van der Waals surface area contributed by atoms with Gasteiger partial charge in [-0.2, -0.15) is 11.8 Å². The lowest BCUT2D eigenvalue weighted by atomic mass is 9.93. The van der Waals surface area contributed by atoms with Gasteiger partial charge in [0, 0.05) is 31.1 Å². The summed E-state index contributed by atoms with van der Waals surface area (Å²) in [6.45, 7) is 2.63. The van der Waals surface area contributed by atoms with Crippen molar-refractivity contribution < 1.29 is 4.79 Å². The molecule has 0 radical (unpaired) electrons. The maximum absolute atomic E-state index is 12.6. The van der Waals surface area contributed by atoms with Crippen LogP contribution in [0.4, 0.5) is 5.69 Å². The van der Waals surface area contributed by atoms with Crippen molar-refractivity contribution in [3.8, 4) is 0 Å². The fourth-order valence-corrected chi connectivity index (χ4v) is 3.73. The predicted octanol–water partition coefficient (Wildman–Crippen LogP) is 2.24. The summed E-state index contributed by atoms with van der Waals surface area (Å²) < 4.78 is 0. The Hall–Kier alpha value is -1.16. The summed E-state index contributed by atoms with van der Waals surface area (Å²) in [6.07, 6.45) is 2.01. The first kappa shape index (κ1) is 12.9. The summed E-state index contributed by atoms with van der Waals surface area (Å²) in [7, 11) is 0. The van der Waals surface area contributed by atoms with Crippen LogP contribution in [0.1, 0.15) is 12.0 Å². The molecule has 2 heterocycles. The number of nitrogens with one attached hydrogen (secondary N) is 1. The second-order valence-corrected chi connectivity index (χ2v) is 6.46. The summed E-state index contributed by atoms with van der Waals surface area (Å²) >= 11 is 1.96. The Morgan fingerprint density at radius 3 is 3.11 bits per heavy atom. The fourth-order valence-electron chi connectivity index (χ4n) is 2.84. The molecule has 3 nitrogen and oxygen atoms in total. The number of rotatable bonds is 1. The van der Waals surface area contributed by atoms with E-state index in [2.05, 4.69) is 28.4 Å². The van der Waals surface area contributed by atoms with Crippen molar-refractivity contribution in [1.29, 1.82) is 0 Å². The molecule has 0 bridgehead atoms. The minimum absolute atomic E-state index is 0.109. The van der Waals surface area contributed by atoms with Crippen LogP contribution in [0, 0.1) is 5.92 Å². The highest BCUT2D eigenvalue weighted by atomic mass is 32.2. The molecule has 1 atom stereocenters. The van der Waals surface area contributed by atoms with Gasteiger partial charge in [-0.1, -0.05) is 18.2 Å². The summed E-state index contributed by atoms with van der Waals surface area (Å²) in [5, 5.41) is 3.40. The third kappa shape index (κ3) is 2.89. The first-order valence-electron chi connectivity index (χ1n) is 7.03. The Bertz CT molecular complexity index is 455. The Morgan fingerprint density at radius 1 is 1.26 bits per heavy atom. The van der Waals surface area contributed by atoms with Crippen molar-refractivity contribution in [3.63, 3.8) is 0 Å². The summed E-state index contributed by atoms with van der Waals surface area (Å²) in [4.78, 5) is 14.7. The molecule has 3 rings (SSSR count). The van der Waals surface area contributed by atoms with E-state index in [0.717, 1.165) is 38.2 Å². The summed E-state index contributed by atoms with van der Waals surface area (Å²) in [5.41, 5.74) is 2.47. The number of para-hydroxylation sites is 1. The Balaban J connectivity index is 1.68. The molecule has 1 saturated heterocycles. The van der Waals surface area contributed by atoms with Crippen LogP contribution in [0.2, 0.25) is 0 Å². The van der Waals surface area contributed by atoms with Crippen LogP contribution in [0.25, 0.3) is 0 Å². The molecular weight excluding hydrogens is 256 g/mol. The number of benzene rings is 1. The highest BCUT2D eigenvalue weighted by molar-refractivity contribution is 7.99. The lowest BCUT2D eigenvalue weighted by Crippen LogP contribution is -2.42. The lowest BCUT2D eigenvalue weighted by molar-refractivity contribution is -0.134. The highest BCUT2D eigenvalue weighted by Gasteiger charge is 2.28. The smallest absolute Gasteiger partial charge is 0.227 e. The SMILES string of the molecule is O=C(C1CNc2ccccc2C1)N1CCCSCC1. The average molecular weight is 276 g/mol. The van der Waals surface area contributed by atoms with Crippen molar-refractivity contribution in [2.24, 2.45) is 5.92 Å². The van der Waals surface area contributed by atoms with Crippen LogP contribution in [0.5, 0.6) is 0 Å². The number of nitrogens with zero attached hydrogens (tertiary/aromatic N) is 1. The zero-order valence-electron chi connectivity index (χ0n) is 11.1. The van der Waals surface area contributed by atoms with Gasteiger partial charge in [0.15, 0.2) is 0 Å². The van der Waals surface area contributed by atoms with Crippen LogP contribution in [0.3, 0.4) is 0 Å². The molecule has 0 aromatic heterocycles. The molecule has 2 aliphatic heterocycles. The molecule has 0 spiro atoms. The van der Waals surface area contributed by atoms with Crippen LogP contribution in [-0.2, 0) is 11.2 Å². The standard InChI is InChI=1S/C15H20N2OS/c18-15(17-6-3-8-19-9-7-17)13-10-12-4-1-2-5-14(12)16-11-13/h1-2,4-5,13,16H,3,6-11H2. The molecule has 1 unspecified atom stereocenters. The molecule has 19 heavy (non-hydrogen) atoms. The molecule has 2 aliphatic rings. The topological polar surface area (TPSA) is 32.3 Å². The Labute approximate surface area is 118 Å². The molecule has 0 aliphatic carbocycles. The van der Waals surface area contributed by atoms with Crippen molar-refractivity contribution in [2.45, 2.75) is 12.8 Å². The number of thioether (sulfide) groups is 1. The molecule has 1 fully saturated rings. The van der Waals surface area contributed by atoms with E-state index >= 15 is 0 Å². The third-order valence-corrected chi connectivity index (χ3v) is 4.95. The molecule has 1 aromatic rings. The number of hydrogen-bond acceptors (Lipinski definition) is 3. The first-order valence-corrected chi connectivity index (χ1v) is 8.18. The van der Waals surface area contributed by atoms with Crippen molar-refractivity contribution in [3.05, 3.63) is 29.8 Å². The van der Waals surface area contributed by atoms with E-state index in [-0.39, 0.29) is 5.92 Å². The largest absolute Gasteiger partial charge is 0.384 e. The van der Waals surface area contributed by atoms with Gasteiger partial charge in [0.05, 0.1) is 5.92 Å². The highest BCUT2D eigenvalue weighted by Crippen LogP contribution is 2.25. The zero-order valence-corrected chi connectivity index (χ0v) is 11.9. The predicted molar refractivity (Wildman–Crippen MR) is 80.6 cm³/mol. The van der Waals surface area contributed by atoms with E-state index < -0.39 is 0 Å². The van der Waals surface area contributed by atoms with Crippen LogP contribution < -0.4 is 5.32 Å². The lowest BCUT2D eigenvalue weighted by Gasteiger charge is -2.30. The van der Waals surface area contributed by atoms with Crippen molar-refractivity contribution >= 4 is 23.4 Å². The molecule has 102 valence electrons. The number of anilines is 1. The van der Waals surface area contributed by atoms with Gasteiger partial charge in [-0.05, 0) is 30.2 Å². The zero-order chi connectivity index (χ0) is 13.1. The van der Waals surface area contributed by atoms with E-state index in [1.54, 1.807) is 0 Å². The van der Waals surface area contributed by atoms with Crippen LogP contribution in [0.15, 0.2) is 24.3 Å². The molecule has 1 N–H and O–H groups in total. The van der Waals surface area contributed by atoms with Crippen molar-refractivity contribution in [1.82, 2.24) is 4.90 Å². The van der Waals surface area contributed by atoms with Gasteiger partial charge < -0.3 is 10.2 Å².